The number of aryl methyl sites for hydroxylation is 2. The van der Waals surface area contributed by atoms with Crippen molar-refractivity contribution in [3.05, 3.63) is 34.6 Å². The maximum Gasteiger partial charge on any atom is 0.193 e. The van der Waals surface area contributed by atoms with Gasteiger partial charge in [-0.05, 0) is 29.8 Å². The Morgan fingerprint density at radius 2 is 2.25 bits per heavy atom. The van der Waals surface area contributed by atoms with E-state index < -0.39 is 0 Å². The smallest absolute Gasteiger partial charge is 0.193 e. The molecule has 2 rings (SSSR count). The van der Waals surface area contributed by atoms with Gasteiger partial charge in [0.2, 0.25) is 0 Å². The number of anilines is 1. The quantitative estimate of drug-likeness (QED) is 0.884. The van der Waals surface area contributed by atoms with Gasteiger partial charge >= 0.3 is 0 Å². The van der Waals surface area contributed by atoms with Crippen molar-refractivity contribution < 1.29 is 0 Å². The van der Waals surface area contributed by atoms with E-state index in [0.717, 1.165) is 11.3 Å². The molecule has 0 radical (unpaired) electrons. The van der Waals surface area contributed by atoms with Gasteiger partial charge in [0.15, 0.2) is 5.82 Å². The highest BCUT2D eigenvalue weighted by molar-refractivity contribution is 6.30. The largest absolute Gasteiger partial charge is 0.377 e. The van der Waals surface area contributed by atoms with E-state index in [1.807, 2.05) is 25.1 Å². The summed E-state index contributed by atoms with van der Waals surface area (Å²) in [4.78, 5) is 1.43. The summed E-state index contributed by atoms with van der Waals surface area (Å²) in [6.07, 6.45) is 0. The first-order valence-corrected chi connectivity index (χ1v) is 5.26. The Hall–Kier alpha value is -1.62. The van der Waals surface area contributed by atoms with Gasteiger partial charge in [-0.25, -0.2) is 0 Å². The molecule has 0 saturated heterocycles. The van der Waals surface area contributed by atoms with Crippen LogP contribution in [0, 0.1) is 6.92 Å². The predicted molar refractivity (Wildman–Crippen MR) is 62.3 cm³/mol. The van der Waals surface area contributed by atoms with E-state index in [4.69, 9.17) is 11.6 Å². The summed E-state index contributed by atoms with van der Waals surface area (Å²) >= 11 is 5.91. The first-order valence-electron chi connectivity index (χ1n) is 4.88. The molecule has 6 heteroatoms. The molecule has 1 aromatic heterocycles. The molecule has 0 saturated carbocycles. The molecule has 0 fully saturated rings. The highest BCUT2D eigenvalue weighted by Crippen LogP contribution is 2.20. The van der Waals surface area contributed by atoms with Crippen LogP contribution in [0.4, 0.5) is 5.69 Å². The molecule has 0 aliphatic rings. The minimum atomic E-state index is 0.537. The first kappa shape index (κ1) is 10.9. The van der Waals surface area contributed by atoms with Crippen LogP contribution in [0.15, 0.2) is 18.2 Å². The van der Waals surface area contributed by atoms with Crippen molar-refractivity contribution in [1.82, 2.24) is 20.2 Å². The Bertz CT molecular complexity index is 494. The van der Waals surface area contributed by atoms with Gasteiger partial charge in [0.1, 0.15) is 0 Å². The van der Waals surface area contributed by atoms with Crippen LogP contribution in [-0.4, -0.2) is 20.2 Å². The van der Waals surface area contributed by atoms with Crippen molar-refractivity contribution in [3.8, 4) is 0 Å². The zero-order valence-electron chi connectivity index (χ0n) is 9.11. The molecule has 2 aromatic rings. The topological polar surface area (TPSA) is 55.6 Å². The van der Waals surface area contributed by atoms with Crippen LogP contribution in [0.25, 0.3) is 0 Å². The van der Waals surface area contributed by atoms with E-state index in [0.29, 0.717) is 17.4 Å². The fraction of sp³-hybridized carbons (Fsp3) is 0.300. The lowest BCUT2D eigenvalue weighted by molar-refractivity contribution is 0.628. The van der Waals surface area contributed by atoms with E-state index in [1.165, 1.54) is 4.80 Å². The van der Waals surface area contributed by atoms with E-state index in [2.05, 4.69) is 20.7 Å². The molecule has 1 aromatic carbocycles. The molecule has 5 nitrogen and oxygen atoms in total. The molecular formula is C10H12ClN5. The number of rotatable bonds is 3. The van der Waals surface area contributed by atoms with Crippen LogP contribution in [0.5, 0.6) is 0 Å². The van der Waals surface area contributed by atoms with Crippen LogP contribution in [-0.2, 0) is 13.6 Å². The SMILES string of the molecule is Cc1ccc(Cl)cc1NCc1nnn(C)n1. The summed E-state index contributed by atoms with van der Waals surface area (Å²) in [6, 6.07) is 5.71. The van der Waals surface area contributed by atoms with Gasteiger partial charge in [-0.1, -0.05) is 17.7 Å². The molecule has 0 unspecified atom stereocenters. The predicted octanol–water partition coefficient (Wildman–Crippen LogP) is 1.78. The van der Waals surface area contributed by atoms with Gasteiger partial charge in [0.25, 0.3) is 0 Å². The van der Waals surface area contributed by atoms with Gasteiger partial charge in [-0.15, -0.1) is 10.2 Å². The average Bonchev–Trinajstić information content (AvgIpc) is 2.66. The second-order valence-electron chi connectivity index (χ2n) is 3.51. The fourth-order valence-electron chi connectivity index (χ4n) is 1.35. The van der Waals surface area contributed by atoms with Gasteiger partial charge < -0.3 is 5.32 Å². The number of nitrogens with one attached hydrogen (secondary N) is 1. The third-order valence-corrected chi connectivity index (χ3v) is 2.42. The molecule has 0 spiro atoms. The van der Waals surface area contributed by atoms with Crippen molar-refractivity contribution in [2.75, 3.05) is 5.32 Å². The zero-order valence-corrected chi connectivity index (χ0v) is 9.86. The number of aromatic nitrogens is 4. The van der Waals surface area contributed by atoms with Crippen molar-refractivity contribution in [2.45, 2.75) is 13.5 Å². The summed E-state index contributed by atoms with van der Waals surface area (Å²) in [6.45, 7) is 2.55. The molecule has 0 aliphatic carbocycles. The Balaban J connectivity index is 2.07. The molecule has 0 bridgehead atoms. The molecule has 1 heterocycles. The highest BCUT2D eigenvalue weighted by atomic mass is 35.5. The lowest BCUT2D eigenvalue weighted by Crippen LogP contribution is -2.03. The minimum absolute atomic E-state index is 0.537. The van der Waals surface area contributed by atoms with Crippen LogP contribution in [0.3, 0.4) is 0 Å². The Labute approximate surface area is 98.4 Å². The molecule has 0 aliphatic heterocycles. The lowest BCUT2D eigenvalue weighted by Gasteiger charge is -2.07. The average molecular weight is 238 g/mol. The second-order valence-corrected chi connectivity index (χ2v) is 3.94. The third-order valence-electron chi connectivity index (χ3n) is 2.19. The Kier molecular flexibility index (Phi) is 3.05. The summed E-state index contributed by atoms with van der Waals surface area (Å²) in [5.74, 6) is 0.655. The molecule has 1 N–H and O–H groups in total. The number of halogens is 1. The summed E-state index contributed by atoms with van der Waals surface area (Å²) in [5, 5.41) is 15.7. The van der Waals surface area contributed by atoms with Crippen molar-refractivity contribution in [1.29, 1.82) is 0 Å². The van der Waals surface area contributed by atoms with E-state index in [-0.39, 0.29) is 0 Å². The van der Waals surface area contributed by atoms with Gasteiger partial charge in [-0.2, -0.15) is 4.80 Å². The normalized spacial score (nSPS) is 10.4. The Morgan fingerprint density at radius 3 is 2.94 bits per heavy atom. The number of nitrogens with zero attached hydrogens (tertiary/aromatic N) is 4. The maximum absolute atomic E-state index is 5.91. The van der Waals surface area contributed by atoms with Crippen LogP contribution < -0.4 is 5.32 Å². The minimum Gasteiger partial charge on any atom is -0.377 e. The van der Waals surface area contributed by atoms with Gasteiger partial charge in [-0.3, -0.25) is 0 Å². The summed E-state index contributed by atoms with van der Waals surface area (Å²) in [7, 11) is 1.74. The molecule has 0 atom stereocenters. The van der Waals surface area contributed by atoms with Crippen LogP contribution >= 0.6 is 11.6 Å². The number of hydrogen-bond acceptors (Lipinski definition) is 4. The van der Waals surface area contributed by atoms with Gasteiger partial charge in [0, 0.05) is 10.7 Å². The van der Waals surface area contributed by atoms with Crippen LogP contribution in [0.1, 0.15) is 11.4 Å². The number of benzene rings is 1. The van der Waals surface area contributed by atoms with Crippen LogP contribution in [0.2, 0.25) is 5.02 Å². The fourth-order valence-corrected chi connectivity index (χ4v) is 1.53. The molecule has 84 valence electrons. The number of hydrogen-bond donors (Lipinski definition) is 1. The van der Waals surface area contributed by atoms with Crippen molar-refractivity contribution in [2.24, 2.45) is 7.05 Å². The highest BCUT2D eigenvalue weighted by Gasteiger charge is 2.02. The second kappa shape index (κ2) is 4.49. The summed E-state index contributed by atoms with van der Waals surface area (Å²) < 4.78 is 0. The third kappa shape index (κ3) is 2.49. The Morgan fingerprint density at radius 1 is 1.44 bits per heavy atom. The molecule has 0 amide bonds. The van der Waals surface area contributed by atoms with E-state index in [1.54, 1.807) is 7.05 Å². The number of tetrazole rings is 1. The van der Waals surface area contributed by atoms with Crippen molar-refractivity contribution >= 4 is 17.3 Å². The standard InChI is InChI=1S/C10H12ClN5/c1-7-3-4-8(11)5-9(7)12-6-10-13-15-16(2)14-10/h3-5,12H,6H2,1-2H3. The molecule has 16 heavy (non-hydrogen) atoms. The lowest BCUT2D eigenvalue weighted by atomic mass is 10.2. The maximum atomic E-state index is 5.91. The molecular weight excluding hydrogens is 226 g/mol. The van der Waals surface area contributed by atoms with E-state index >= 15 is 0 Å². The first-order chi connectivity index (χ1) is 7.65. The van der Waals surface area contributed by atoms with Gasteiger partial charge in [0.05, 0.1) is 13.6 Å². The van der Waals surface area contributed by atoms with Crippen molar-refractivity contribution in [3.63, 3.8) is 0 Å². The zero-order chi connectivity index (χ0) is 11.5. The monoisotopic (exact) mass is 237 g/mol. The summed E-state index contributed by atoms with van der Waals surface area (Å²) in [5.41, 5.74) is 2.12. The van der Waals surface area contributed by atoms with E-state index in [9.17, 15) is 0 Å².